The summed E-state index contributed by atoms with van der Waals surface area (Å²) in [6, 6.07) is 2.09. The minimum atomic E-state index is 0.347. The van der Waals surface area contributed by atoms with Crippen LogP contribution in [0.1, 0.15) is 32.1 Å². The maximum absolute atomic E-state index is 12.5. The lowest BCUT2D eigenvalue weighted by molar-refractivity contribution is -0.132. The first kappa shape index (κ1) is 14.9. The monoisotopic (exact) mass is 330 g/mol. The van der Waals surface area contributed by atoms with Gasteiger partial charge in [0.15, 0.2) is 0 Å². The van der Waals surface area contributed by atoms with Crippen molar-refractivity contribution in [2.75, 3.05) is 31.1 Å². The van der Waals surface area contributed by atoms with Gasteiger partial charge in [-0.15, -0.1) is 11.3 Å². The summed E-state index contributed by atoms with van der Waals surface area (Å²) in [7, 11) is 0. The minimum absolute atomic E-state index is 0.347. The molecule has 0 bridgehead atoms. The van der Waals surface area contributed by atoms with E-state index in [-0.39, 0.29) is 0 Å². The lowest BCUT2D eigenvalue weighted by Gasteiger charge is -2.36. The fourth-order valence-corrected chi connectivity index (χ4v) is 4.51. The van der Waals surface area contributed by atoms with E-state index >= 15 is 0 Å². The van der Waals surface area contributed by atoms with Gasteiger partial charge in [0.05, 0.1) is 5.39 Å². The molecule has 1 aliphatic carbocycles. The number of amides is 1. The number of hydrogen-bond acceptors (Lipinski definition) is 5. The molecule has 0 N–H and O–H groups in total. The van der Waals surface area contributed by atoms with Gasteiger partial charge in [0, 0.05) is 32.6 Å². The van der Waals surface area contributed by atoms with Crippen LogP contribution in [0.4, 0.5) is 5.82 Å². The molecule has 1 saturated carbocycles. The van der Waals surface area contributed by atoms with Gasteiger partial charge in [0.2, 0.25) is 5.91 Å². The molecule has 2 aromatic rings. The summed E-state index contributed by atoms with van der Waals surface area (Å²) in [6.45, 7) is 3.33. The van der Waals surface area contributed by atoms with Crippen LogP contribution in [-0.4, -0.2) is 47.0 Å². The molecule has 6 heteroatoms. The number of rotatable bonds is 3. The third kappa shape index (κ3) is 3.04. The van der Waals surface area contributed by atoms with Crippen molar-refractivity contribution in [3.63, 3.8) is 0 Å². The van der Waals surface area contributed by atoms with Crippen molar-refractivity contribution < 1.29 is 4.79 Å². The second-order valence-corrected chi connectivity index (χ2v) is 7.45. The van der Waals surface area contributed by atoms with Crippen LogP contribution >= 0.6 is 11.3 Å². The Labute approximate surface area is 140 Å². The van der Waals surface area contributed by atoms with Crippen molar-refractivity contribution in [1.29, 1.82) is 0 Å². The van der Waals surface area contributed by atoms with Crippen LogP contribution in [0, 0.1) is 5.92 Å². The minimum Gasteiger partial charge on any atom is -0.352 e. The SMILES string of the molecule is O=C(CC1CCCC1)N1CCN(c2ncnc3sccc23)CC1. The molecule has 1 saturated heterocycles. The molecule has 0 spiro atoms. The number of aromatic nitrogens is 2. The predicted molar refractivity (Wildman–Crippen MR) is 92.8 cm³/mol. The highest BCUT2D eigenvalue weighted by atomic mass is 32.1. The van der Waals surface area contributed by atoms with E-state index in [1.54, 1.807) is 17.7 Å². The molecule has 1 aliphatic heterocycles. The van der Waals surface area contributed by atoms with Crippen LogP contribution in [0.3, 0.4) is 0 Å². The first-order chi connectivity index (χ1) is 11.3. The van der Waals surface area contributed by atoms with E-state index in [0.29, 0.717) is 11.8 Å². The molecule has 0 radical (unpaired) electrons. The van der Waals surface area contributed by atoms with E-state index in [1.807, 2.05) is 4.90 Å². The van der Waals surface area contributed by atoms with Crippen molar-refractivity contribution >= 4 is 33.3 Å². The van der Waals surface area contributed by atoms with Gasteiger partial charge in [0.1, 0.15) is 17.0 Å². The Morgan fingerprint density at radius 2 is 1.96 bits per heavy atom. The van der Waals surface area contributed by atoms with Gasteiger partial charge in [0.25, 0.3) is 0 Å². The summed E-state index contributed by atoms with van der Waals surface area (Å²) in [5.74, 6) is 1.99. The zero-order valence-corrected chi connectivity index (χ0v) is 14.1. The zero-order valence-electron chi connectivity index (χ0n) is 13.3. The Hall–Kier alpha value is -1.69. The average molecular weight is 330 g/mol. The number of carbonyl (C=O) groups excluding carboxylic acids is 1. The van der Waals surface area contributed by atoms with Crippen LogP contribution in [0.2, 0.25) is 0 Å². The number of anilines is 1. The molecule has 0 unspecified atom stereocenters. The van der Waals surface area contributed by atoms with E-state index < -0.39 is 0 Å². The molecule has 4 rings (SSSR count). The van der Waals surface area contributed by atoms with E-state index in [4.69, 9.17) is 0 Å². The number of thiophene rings is 1. The van der Waals surface area contributed by atoms with Gasteiger partial charge in [-0.25, -0.2) is 9.97 Å². The predicted octanol–water partition coefficient (Wildman–Crippen LogP) is 2.92. The van der Waals surface area contributed by atoms with Crippen LogP contribution < -0.4 is 4.90 Å². The van der Waals surface area contributed by atoms with Gasteiger partial charge in [-0.05, 0) is 30.2 Å². The molecular formula is C17H22N4OS. The van der Waals surface area contributed by atoms with Crippen LogP contribution in [0.15, 0.2) is 17.8 Å². The first-order valence-electron chi connectivity index (χ1n) is 8.52. The van der Waals surface area contributed by atoms with Crippen molar-refractivity contribution in [1.82, 2.24) is 14.9 Å². The lowest BCUT2D eigenvalue weighted by Crippen LogP contribution is -2.49. The Bertz CT molecular complexity index is 687. The fraction of sp³-hybridized carbons (Fsp3) is 0.588. The van der Waals surface area contributed by atoms with E-state index in [9.17, 15) is 4.79 Å². The normalized spacial score (nSPS) is 19.7. The molecule has 2 fully saturated rings. The molecular weight excluding hydrogens is 308 g/mol. The first-order valence-corrected chi connectivity index (χ1v) is 9.40. The Morgan fingerprint density at radius 1 is 1.17 bits per heavy atom. The maximum Gasteiger partial charge on any atom is 0.222 e. The third-order valence-corrected chi connectivity index (χ3v) is 5.93. The van der Waals surface area contributed by atoms with E-state index in [1.165, 1.54) is 25.7 Å². The van der Waals surface area contributed by atoms with Crippen molar-refractivity contribution in [3.05, 3.63) is 17.8 Å². The summed E-state index contributed by atoms with van der Waals surface area (Å²) in [5.41, 5.74) is 0. The lowest BCUT2D eigenvalue weighted by atomic mass is 10.0. The molecule has 0 atom stereocenters. The average Bonchev–Trinajstić information content (AvgIpc) is 3.25. The molecule has 23 heavy (non-hydrogen) atoms. The maximum atomic E-state index is 12.5. The standard InChI is InChI=1S/C17H22N4OS/c22-15(11-13-3-1-2-4-13)20-6-8-21(9-7-20)16-14-5-10-23-17(14)19-12-18-16/h5,10,12-13H,1-4,6-9,11H2. The van der Waals surface area contributed by atoms with Crippen LogP contribution in [0.5, 0.6) is 0 Å². The number of fused-ring (bicyclic) bond motifs is 1. The summed E-state index contributed by atoms with van der Waals surface area (Å²) >= 11 is 1.65. The molecule has 3 heterocycles. The highest BCUT2D eigenvalue weighted by Gasteiger charge is 2.26. The highest BCUT2D eigenvalue weighted by molar-refractivity contribution is 7.16. The number of nitrogens with zero attached hydrogens (tertiary/aromatic N) is 4. The van der Waals surface area contributed by atoms with E-state index in [0.717, 1.165) is 48.6 Å². The van der Waals surface area contributed by atoms with Crippen LogP contribution in [0.25, 0.3) is 10.2 Å². The smallest absolute Gasteiger partial charge is 0.222 e. The van der Waals surface area contributed by atoms with Gasteiger partial charge in [-0.3, -0.25) is 4.79 Å². The van der Waals surface area contributed by atoms with Crippen molar-refractivity contribution in [2.24, 2.45) is 5.92 Å². The fourth-order valence-electron chi connectivity index (χ4n) is 3.79. The second kappa shape index (κ2) is 6.43. The van der Waals surface area contributed by atoms with Crippen molar-refractivity contribution in [3.8, 4) is 0 Å². The molecule has 0 aromatic carbocycles. The third-order valence-electron chi connectivity index (χ3n) is 5.11. The summed E-state index contributed by atoms with van der Waals surface area (Å²) < 4.78 is 0. The Balaban J connectivity index is 1.39. The van der Waals surface area contributed by atoms with Gasteiger partial charge >= 0.3 is 0 Å². The second-order valence-electron chi connectivity index (χ2n) is 6.56. The molecule has 1 amide bonds. The van der Waals surface area contributed by atoms with Crippen LogP contribution in [-0.2, 0) is 4.79 Å². The van der Waals surface area contributed by atoms with Gasteiger partial charge < -0.3 is 9.80 Å². The zero-order chi connectivity index (χ0) is 15.6. The number of carbonyl (C=O) groups is 1. The summed E-state index contributed by atoms with van der Waals surface area (Å²) in [4.78, 5) is 26.6. The highest BCUT2D eigenvalue weighted by Crippen LogP contribution is 2.29. The Kier molecular flexibility index (Phi) is 4.16. The van der Waals surface area contributed by atoms with Gasteiger partial charge in [-0.1, -0.05) is 12.8 Å². The molecule has 2 aliphatic rings. The van der Waals surface area contributed by atoms with E-state index in [2.05, 4.69) is 26.3 Å². The number of hydrogen-bond donors (Lipinski definition) is 0. The Morgan fingerprint density at radius 3 is 2.74 bits per heavy atom. The topological polar surface area (TPSA) is 49.3 Å². The molecule has 2 aromatic heterocycles. The molecule has 122 valence electrons. The number of piperazine rings is 1. The largest absolute Gasteiger partial charge is 0.352 e. The quantitative estimate of drug-likeness (QED) is 0.868. The molecule has 5 nitrogen and oxygen atoms in total. The summed E-state index contributed by atoms with van der Waals surface area (Å²) in [5, 5.41) is 3.19. The summed E-state index contributed by atoms with van der Waals surface area (Å²) in [6.07, 6.45) is 7.48. The van der Waals surface area contributed by atoms with Crippen molar-refractivity contribution in [2.45, 2.75) is 32.1 Å². The van der Waals surface area contributed by atoms with Gasteiger partial charge in [-0.2, -0.15) is 0 Å².